The van der Waals surface area contributed by atoms with Crippen LogP contribution in [-0.4, -0.2) is 74.5 Å². The van der Waals surface area contributed by atoms with Gasteiger partial charge in [-0.2, -0.15) is 0 Å². The van der Waals surface area contributed by atoms with E-state index in [-0.39, 0.29) is 11.4 Å². The van der Waals surface area contributed by atoms with Gasteiger partial charge in [-0.1, -0.05) is 19.7 Å². The van der Waals surface area contributed by atoms with E-state index in [0.717, 1.165) is 12.7 Å². The molecule has 0 aliphatic rings. The Morgan fingerprint density at radius 2 is 1.33 bits per heavy atom. The molecule has 0 unspecified atom stereocenters. The molecule has 0 fully saturated rings. The lowest BCUT2D eigenvalue weighted by molar-refractivity contribution is 1.01. The zero-order chi connectivity index (χ0) is 12.1. The first-order valence-electron chi connectivity index (χ1n) is 4.89. The van der Waals surface area contributed by atoms with Crippen molar-refractivity contribution in [1.82, 2.24) is 0 Å². The zero-order valence-corrected chi connectivity index (χ0v) is 9.34. The first kappa shape index (κ1) is 18.0. The lowest BCUT2D eigenvalue weighted by Gasteiger charge is -2.09. The summed E-state index contributed by atoms with van der Waals surface area (Å²) < 4.78 is 0. The summed E-state index contributed by atoms with van der Waals surface area (Å²) in [6.07, 6.45) is 1.76. The Bertz CT molecular complexity index is 102. The third kappa shape index (κ3) is 14.6. The molecule has 15 heavy (non-hydrogen) atoms. The summed E-state index contributed by atoms with van der Waals surface area (Å²) in [5.41, 5.74) is 0.440. The fourth-order valence-corrected chi connectivity index (χ4v) is 0.609. The van der Waals surface area contributed by atoms with E-state index in [0.29, 0.717) is 0 Å². The van der Waals surface area contributed by atoms with Gasteiger partial charge in [-0.05, 0) is 0 Å². The Kier molecular flexibility index (Phi) is 17.6. The molecule has 0 saturated heterocycles. The van der Waals surface area contributed by atoms with Gasteiger partial charge in [-0.25, -0.2) is 0 Å². The van der Waals surface area contributed by atoms with E-state index in [9.17, 15) is 0 Å². The summed E-state index contributed by atoms with van der Waals surface area (Å²) in [5.74, 6) is 0. The van der Waals surface area contributed by atoms with Crippen molar-refractivity contribution in [1.29, 1.82) is 0 Å². The second-order valence-electron chi connectivity index (χ2n) is 3.11. The van der Waals surface area contributed by atoms with Gasteiger partial charge in [0.2, 0.25) is 0 Å². The minimum Gasteiger partial charge on any atom is -0.114 e. The van der Waals surface area contributed by atoms with Crippen LogP contribution in [0.2, 0.25) is 17.8 Å². The fraction of sp³-hybridized carbons (Fsp3) is 1.00. The molecule has 0 saturated carbocycles. The molecule has 0 N–H and O–H groups in total. The van der Waals surface area contributed by atoms with E-state index in [1.54, 1.807) is 35.9 Å². The van der Waals surface area contributed by atoms with Crippen LogP contribution in [0.15, 0.2) is 0 Å². The Labute approximate surface area is 106 Å². The zero-order valence-electron chi connectivity index (χ0n) is 9.34. The molecule has 15 radical (unpaired) electrons. The molecule has 0 atom stereocenters. The lowest BCUT2D eigenvalue weighted by Crippen LogP contribution is -2.12. The van der Waals surface area contributed by atoms with E-state index in [1.165, 1.54) is 0 Å². The molecule has 0 aromatic rings. The molecule has 59 valence electrons. The number of rotatable bonds is 7. The summed E-state index contributed by atoms with van der Waals surface area (Å²) in [4.78, 5) is 0. The van der Waals surface area contributed by atoms with Crippen LogP contribution in [0.25, 0.3) is 0 Å². The fourth-order valence-electron chi connectivity index (χ4n) is 0.609. The quantitative estimate of drug-likeness (QED) is 0.404. The standard InChI is InChI=1S/C3H5B6.C2H4B4/c4-7-2-1-3(8-5)9-6;1-2(5-3)6-4/h3H,1-2H2;2H,1H3. The Balaban J connectivity index is 0. The van der Waals surface area contributed by atoms with Gasteiger partial charge in [-0.3, -0.25) is 0 Å². The van der Waals surface area contributed by atoms with Crippen molar-refractivity contribution in [3.63, 3.8) is 0 Å². The summed E-state index contributed by atoms with van der Waals surface area (Å²) in [5, 5.41) is 0. The van der Waals surface area contributed by atoms with Crippen LogP contribution in [0.5, 0.6) is 0 Å². The van der Waals surface area contributed by atoms with Gasteiger partial charge >= 0.3 is 0 Å². The van der Waals surface area contributed by atoms with Crippen LogP contribution in [-0.2, 0) is 0 Å². The second-order valence-corrected chi connectivity index (χ2v) is 3.11. The van der Waals surface area contributed by atoms with Crippen LogP contribution in [0.1, 0.15) is 13.3 Å². The number of hydrogen-bond acceptors (Lipinski definition) is 0. The minimum atomic E-state index is 0.199. The SMILES string of the molecule is [B][B]C(C)[B][B].[B][B]CCC([B][B])[B][B]. The molecule has 0 rings (SSSR count). The summed E-state index contributed by atoms with van der Waals surface area (Å²) in [7, 11) is 33.6. The van der Waals surface area contributed by atoms with Crippen molar-refractivity contribution in [2.45, 2.75) is 31.1 Å². The molecule has 0 aromatic heterocycles. The van der Waals surface area contributed by atoms with E-state index >= 15 is 0 Å². The molecule has 0 spiro atoms. The highest BCUT2D eigenvalue weighted by Gasteiger charge is 2.01. The van der Waals surface area contributed by atoms with Gasteiger partial charge in [0.1, 0.15) is 0 Å². The Morgan fingerprint density at radius 3 is 1.53 bits per heavy atom. The van der Waals surface area contributed by atoms with Crippen molar-refractivity contribution in [3.8, 4) is 0 Å². The maximum Gasteiger partial charge on any atom is 0.0544 e. The largest absolute Gasteiger partial charge is 0.114 e. The monoisotopic (exact) mass is 179 g/mol. The van der Waals surface area contributed by atoms with Crippen LogP contribution < -0.4 is 0 Å². The minimum absolute atomic E-state index is 0.199. The maximum atomic E-state index is 5.23. The Hall–Kier alpha value is 0.649. The molecular formula is C5H9B10. The summed E-state index contributed by atoms with van der Waals surface area (Å²) in [6.45, 7) is 1.92. The van der Waals surface area contributed by atoms with Crippen molar-refractivity contribution >= 4 is 74.5 Å². The van der Waals surface area contributed by atoms with E-state index in [1.807, 2.05) is 6.92 Å². The highest BCUT2D eigenvalue weighted by atomic mass is 13.8. The van der Waals surface area contributed by atoms with Crippen molar-refractivity contribution in [2.75, 3.05) is 0 Å². The maximum absolute atomic E-state index is 5.23. The van der Waals surface area contributed by atoms with E-state index in [2.05, 4.69) is 0 Å². The van der Waals surface area contributed by atoms with Crippen LogP contribution in [0.3, 0.4) is 0 Å². The molecule has 10 heteroatoms. The van der Waals surface area contributed by atoms with Gasteiger partial charge in [0, 0.05) is 67.4 Å². The molecular weight excluding hydrogens is 168 g/mol. The Morgan fingerprint density at radius 1 is 0.867 bits per heavy atom. The van der Waals surface area contributed by atoms with Crippen molar-refractivity contribution in [3.05, 3.63) is 0 Å². The summed E-state index contributed by atoms with van der Waals surface area (Å²) in [6, 6.07) is 0. The highest BCUT2D eigenvalue weighted by molar-refractivity contribution is 7.04. The van der Waals surface area contributed by atoms with Crippen molar-refractivity contribution < 1.29 is 0 Å². The molecule has 0 aliphatic carbocycles. The van der Waals surface area contributed by atoms with Gasteiger partial charge in [-0.15, -0.1) is 11.4 Å². The van der Waals surface area contributed by atoms with E-state index < -0.39 is 0 Å². The van der Waals surface area contributed by atoms with Gasteiger partial charge in [0.05, 0.1) is 7.17 Å². The number of hydrogen-bond donors (Lipinski definition) is 0. The molecule has 0 aromatic carbocycles. The van der Waals surface area contributed by atoms with Gasteiger partial charge in [0.15, 0.2) is 0 Å². The van der Waals surface area contributed by atoms with Crippen LogP contribution in [0, 0.1) is 0 Å². The van der Waals surface area contributed by atoms with Crippen LogP contribution >= 0.6 is 0 Å². The van der Waals surface area contributed by atoms with Crippen molar-refractivity contribution in [2.24, 2.45) is 0 Å². The molecule has 0 heterocycles. The topological polar surface area (TPSA) is 0 Å². The molecule has 0 aliphatic heterocycles. The first-order valence-corrected chi connectivity index (χ1v) is 4.89. The predicted molar refractivity (Wildman–Crippen MR) is 80.1 cm³/mol. The predicted octanol–water partition coefficient (Wildman–Crippen LogP) is -1.77. The first-order chi connectivity index (χ1) is 7.15. The normalized spacial score (nSPS) is 8.73. The second kappa shape index (κ2) is 14.6. The molecule has 0 amide bonds. The van der Waals surface area contributed by atoms with Gasteiger partial charge < -0.3 is 0 Å². The lowest BCUT2D eigenvalue weighted by atomic mass is 9.28. The van der Waals surface area contributed by atoms with Crippen LogP contribution in [0.4, 0.5) is 0 Å². The summed E-state index contributed by atoms with van der Waals surface area (Å²) >= 11 is 0. The highest BCUT2D eigenvalue weighted by Crippen LogP contribution is 2.06. The molecule has 0 nitrogen and oxygen atoms in total. The average Bonchev–Trinajstić information content (AvgIpc) is 2.30. The van der Waals surface area contributed by atoms with Gasteiger partial charge in [0.25, 0.3) is 0 Å². The van der Waals surface area contributed by atoms with E-state index in [4.69, 9.17) is 38.7 Å². The smallest absolute Gasteiger partial charge is 0.0544 e. The molecule has 0 bridgehead atoms. The third-order valence-electron chi connectivity index (χ3n) is 1.77. The average molecular weight is 177 g/mol. The third-order valence-corrected chi connectivity index (χ3v) is 1.77.